The summed E-state index contributed by atoms with van der Waals surface area (Å²) in [7, 11) is 0. The van der Waals surface area contributed by atoms with Crippen LogP contribution >= 0.6 is 0 Å². The molecule has 2 atom stereocenters. The van der Waals surface area contributed by atoms with Gasteiger partial charge in [0.05, 0.1) is 26.4 Å². The smallest absolute Gasteiger partial charge is 0.168 e. The Morgan fingerprint density at radius 1 is 0.536 bits per heavy atom. The van der Waals surface area contributed by atoms with E-state index in [-0.39, 0.29) is 22.4 Å². The van der Waals surface area contributed by atoms with Crippen LogP contribution in [-0.4, -0.2) is 38.0 Å². The molecular formula is C24H40O4. The van der Waals surface area contributed by atoms with Gasteiger partial charge in [0.25, 0.3) is 0 Å². The Morgan fingerprint density at radius 2 is 0.893 bits per heavy atom. The maximum Gasteiger partial charge on any atom is 0.168 e. The highest BCUT2D eigenvalue weighted by atomic mass is 16.7. The van der Waals surface area contributed by atoms with E-state index in [0.29, 0.717) is 0 Å². The zero-order valence-corrected chi connectivity index (χ0v) is 18.1. The van der Waals surface area contributed by atoms with E-state index in [1.54, 1.807) is 0 Å². The Kier molecular flexibility index (Phi) is 5.10. The number of hydrogen-bond donors (Lipinski definition) is 0. The minimum absolute atomic E-state index is 0.228. The van der Waals surface area contributed by atoms with Crippen molar-refractivity contribution in [3.63, 3.8) is 0 Å². The van der Waals surface area contributed by atoms with Gasteiger partial charge in [0, 0.05) is 36.5 Å². The lowest BCUT2D eigenvalue weighted by atomic mass is 9.63. The van der Waals surface area contributed by atoms with Crippen molar-refractivity contribution in [2.45, 2.75) is 102 Å². The second kappa shape index (κ2) is 7.21. The second-order valence-electron chi connectivity index (χ2n) is 11.4. The zero-order valence-electron chi connectivity index (χ0n) is 18.1. The van der Waals surface area contributed by atoms with Gasteiger partial charge in [-0.15, -0.1) is 0 Å². The molecule has 3 saturated carbocycles. The van der Waals surface area contributed by atoms with Crippen LogP contribution in [0.4, 0.5) is 0 Å². The van der Waals surface area contributed by atoms with Gasteiger partial charge in [-0.1, -0.05) is 26.7 Å². The van der Waals surface area contributed by atoms with E-state index >= 15 is 0 Å². The molecule has 5 aliphatic rings. The molecule has 4 spiro atoms. The Balaban J connectivity index is 1.15. The van der Waals surface area contributed by atoms with Gasteiger partial charge in [-0.3, -0.25) is 0 Å². The maximum absolute atomic E-state index is 6.46. The fourth-order valence-corrected chi connectivity index (χ4v) is 6.63. The highest BCUT2D eigenvalue weighted by Crippen LogP contribution is 2.53. The predicted octanol–water partition coefficient (Wildman–Crippen LogP) is 5.44. The average molecular weight is 393 g/mol. The third-order valence-electron chi connectivity index (χ3n) is 8.77. The van der Waals surface area contributed by atoms with Crippen LogP contribution < -0.4 is 0 Å². The SMILES string of the molecule is C[C@@H]1CCCC2(C1)OCC1(CCC3(CC1)COC1(CCC[C@@H](C)C1)OC3)CO2. The average Bonchev–Trinajstić information content (AvgIpc) is 2.70. The van der Waals surface area contributed by atoms with Gasteiger partial charge in [0.1, 0.15) is 0 Å². The van der Waals surface area contributed by atoms with Gasteiger partial charge >= 0.3 is 0 Å². The van der Waals surface area contributed by atoms with E-state index in [1.807, 2.05) is 0 Å². The van der Waals surface area contributed by atoms with E-state index in [1.165, 1.54) is 51.4 Å². The van der Waals surface area contributed by atoms with Crippen LogP contribution in [-0.2, 0) is 18.9 Å². The van der Waals surface area contributed by atoms with Crippen LogP contribution in [0.2, 0.25) is 0 Å². The lowest BCUT2D eigenvalue weighted by molar-refractivity contribution is -0.341. The molecule has 2 saturated heterocycles. The van der Waals surface area contributed by atoms with Crippen LogP contribution in [0.15, 0.2) is 0 Å². The Morgan fingerprint density at radius 3 is 1.21 bits per heavy atom. The summed E-state index contributed by atoms with van der Waals surface area (Å²) in [6.07, 6.45) is 14.2. The van der Waals surface area contributed by atoms with Crippen molar-refractivity contribution < 1.29 is 18.9 Å². The third-order valence-corrected chi connectivity index (χ3v) is 8.77. The van der Waals surface area contributed by atoms with E-state index in [2.05, 4.69) is 13.8 Å². The fourth-order valence-electron chi connectivity index (χ4n) is 6.63. The predicted molar refractivity (Wildman–Crippen MR) is 108 cm³/mol. The van der Waals surface area contributed by atoms with Crippen molar-refractivity contribution in [2.24, 2.45) is 22.7 Å². The molecule has 5 fully saturated rings. The number of hydrogen-bond acceptors (Lipinski definition) is 4. The molecule has 0 aromatic rings. The first kappa shape index (κ1) is 19.8. The fraction of sp³-hybridized carbons (Fsp3) is 1.00. The van der Waals surface area contributed by atoms with Crippen LogP contribution in [0, 0.1) is 22.7 Å². The molecule has 3 aliphatic carbocycles. The van der Waals surface area contributed by atoms with Crippen LogP contribution in [0.3, 0.4) is 0 Å². The van der Waals surface area contributed by atoms with Crippen molar-refractivity contribution in [1.82, 2.24) is 0 Å². The summed E-state index contributed by atoms with van der Waals surface area (Å²) in [5.74, 6) is 0.922. The molecule has 0 aromatic heterocycles. The lowest BCUT2D eigenvalue weighted by Gasteiger charge is -2.55. The van der Waals surface area contributed by atoms with Crippen LogP contribution in [0.5, 0.6) is 0 Å². The first-order valence-corrected chi connectivity index (χ1v) is 12.0. The van der Waals surface area contributed by atoms with Crippen molar-refractivity contribution in [2.75, 3.05) is 26.4 Å². The Labute approximate surface area is 171 Å². The summed E-state index contributed by atoms with van der Waals surface area (Å²) in [4.78, 5) is 0. The second-order valence-corrected chi connectivity index (χ2v) is 11.4. The molecule has 2 aliphatic heterocycles. The summed E-state index contributed by atoms with van der Waals surface area (Å²) in [6, 6.07) is 0. The standard InChI is InChI=1S/C24H40O4/c1-19-5-3-7-23(13-19)25-15-21(16-26-23)9-11-22(12-10-21)17-27-24(28-18-22)8-4-6-20(2)14-24/h19-20H,3-18H2,1-2H3/t19-,20-,21?,22?,23?,24?/m1/s1. The van der Waals surface area contributed by atoms with Gasteiger partial charge in [0.2, 0.25) is 0 Å². The molecule has 5 rings (SSSR count). The topological polar surface area (TPSA) is 36.9 Å². The molecule has 0 amide bonds. The largest absolute Gasteiger partial charge is 0.349 e. The molecule has 160 valence electrons. The van der Waals surface area contributed by atoms with Crippen molar-refractivity contribution in [1.29, 1.82) is 0 Å². The summed E-state index contributed by atoms with van der Waals surface area (Å²) in [5, 5.41) is 0. The lowest BCUT2D eigenvalue weighted by Crippen LogP contribution is -2.56. The summed E-state index contributed by atoms with van der Waals surface area (Å²) < 4.78 is 25.9. The monoisotopic (exact) mass is 392 g/mol. The molecule has 4 nitrogen and oxygen atoms in total. The molecule has 2 heterocycles. The van der Waals surface area contributed by atoms with Crippen LogP contribution in [0.1, 0.15) is 90.9 Å². The zero-order chi connectivity index (χ0) is 19.3. The summed E-state index contributed by atoms with van der Waals surface area (Å²) >= 11 is 0. The first-order valence-electron chi connectivity index (χ1n) is 12.0. The third kappa shape index (κ3) is 3.68. The molecule has 28 heavy (non-hydrogen) atoms. The van der Waals surface area contributed by atoms with Crippen molar-refractivity contribution >= 4 is 0 Å². The van der Waals surface area contributed by atoms with E-state index in [9.17, 15) is 0 Å². The normalized spacial score (nSPS) is 52.5. The van der Waals surface area contributed by atoms with Crippen molar-refractivity contribution in [3.05, 3.63) is 0 Å². The highest BCUT2D eigenvalue weighted by Gasteiger charge is 2.53. The van der Waals surface area contributed by atoms with Gasteiger partial charge < -0.3 is 18.9 Å². The quantitative estimate of drug-likeness (QED) is 0.550. The minimum atomic E-state index is -0.265. The maximum atomic E-state index is 6.46. The van der Waals surface area contributed by atoms with Gasteiger partial charge in [-0.2, -0.15) is 0 Å². The van der Waals surface area contributed by atoms with E-state index in [4.69, 9.17) is 18.9 Å². The summed E-state index contributed by atoms with van der Waals surface area (Å²) in [5.41, 5.74) is 0.456. The molecule has 0 unspecified atom stereocenters. The first-order chi connectivity index (χ1) is 13.4. The Bertz CT molecular complexity index is 495. The molecule has 4 heteroatoms. The van der Waals surface area contributed by atoms with Crippen molar-refractivity contribution in [3.8, 4) is 0 Å². The van der Waals surface area contributed by atoms with Gasteiger partial charge in [0.15, 0.2) is 11.6 Å². The molecule has 0 N–H and O–H groups in total. The van der Waals surface area contributed by atoms with E-state index in [0.717, 1.165) is 63.9 Å². The molecule has 0 aromatic carbocycles. The highest BCUT2D eigenvalue weighted by molar-refractivity contribution is 4.98. The van der Waals surface area contributed by atoms with E-state index < -0.39 is 0 Å². The van der Waals surface area contributed by atoms with Gasteiger partial charge in [-0.25, -0.2) is 0 Å². The summed E-state index contributed by atoms with van der Waals surface area (Å²) in [6.45, 7) is 8.23. The number of rotatable bonds is 0. The molecule has 0 radical (unpaired) electrons. The Hall–Kier alpha value is -0.160. The molecular weight excluding hydrogens is 352 g/mol. The van der Waals surface area contributed by atoms with Gasteiger partial charge in [-0.05, 0) is 50.4 Å². The van der Waals surface area contributed by atoms with Crippen LogP contribution in [0.25, 0.3) is 0 Å². The molecule has 0 bridgehead atoms. The minimum Gasteiger partial charge on any atom is -0.349 e. The number of ether oxygens (including phenoxy) is 4.